The number of amides is 1. The Balaban J connectivity index is 1.79. The third-order valence-electron chi connectivity index (χ3n) is 2.95. The highest BCUT2D eigenvalue weighted by molar-refractivity contribution is 5.77. The van der Waals surface area contributed by atoms with E-state index in [1.807, 2.05) is 0 Å². The lowest BCUT2D eigenvalue weighted by Crippen LogP contribution is -2.29. The summed E-state index contributed by atoms with van der Waals surface area (Å²) in [7, 11) is 0. The highest BCUT2D eigenvalue weighted by atomic mass is 19.1. The fourth-order valence-electron chi connectivity index (χ4n) is 2.01. The largest absolute Gasteiger partial charge is 0.272 e. The molecule has 0 unspecified atom stereocenters. The predicted octanol–water partition coefficient (Wildman–Crippen LogP) is 2.36. The van der Waals surface area contributed by atoms with Crippen LogP contribution in [0.3, 0.4) is 0 Å². The molecule has 1 fully saturated rings. The second-order valence-electron chi connectivity index (χ2n) is 4.32. The topological polar surface area (TPSA) is 38.3 Å². The zero-order valence-electron chi connectivity index (χ0n) is 9.62. The first kappa shape index (κ1) is 12.0. The Morgan fingerprint density at radius 2 is 2.06 bits per heavy atom. The minimum Gasteiger partial charge on any atom is -0.272 e. The summed E-state index contributed by atoms with van der Waals surface area (Å²) in [6, 6.07) is 6.26. The van der Waals surface area contributed by atoms with Gasteiger partial charge in [-0.1, -0.05) is 31.0 Å². The molecule has 0 bridgehead atoms. The van der Waals surface area contributed by atoms with Gasteiger partial charge in [-0.2, -0.15) is 0 Å². The summed E-state index contributed by atoms with van der Waals surface area (Å²) in [4.78, 5) is 16.8. The Hall–Kier alpha value is -1.42. The van der Waals surface area contributed by atoms with Gasteiger partial charge in [-0.05, 0) is 24.5 Å². The molecular weight excluding hydrogens is 221 g/mol. The number of nitrogens with one attached hydrogen (secondary N) is 1. The Bertz CT molecular complexity index is 389. The summed E-state index contributed by atoms with van der Waals surface area (Å²) in [5.74, 6) is -0.662. The van der Waals surface area contributed by atoms with Crippen LogP contribution in [-0.2, 0) is 16.1 Å². The molecule has 1 aliphatic carbocycles. The van der Waals surface area contributed by atoms with Crippen molar-refractivity contribution in [2.24, 2.45) is 0 Å². The van der Waals surface area contributed by atoms with Gasteiger partial charge in [0.2, 0.25) is 5.91 Å². The maximum atomic E-state index is 13.3. The van der Waals surface area contributed by atoms with Gasteiger partial charge in [-0.15, -0.1) is 0 Å². The van der Waals surface area contributed by atoms with Gasteiger partial charge in [-0.25, -0.2) is 9.87 Å². The molecule has 0 spiro atoms. The smallest absolute Gasteiger partial charge is 0.248 e. The van der Waals surface area contributed by atoms with E-state index in [-0.39, 0.29) is 24.2 Å². The van der Waals surface area contributed by atoms with E-state index in [0.717, 1.165) is 25.7 Å². The molecule has 1 aromatic carbocycles. The van der Waals surface area contributed by atoms with Gasteiger partial charge in [0, 0.05) is 0 Å². The van der Waals surface area contributed by atoms with Crippen molar-refractivity contribution in [3.05, 3.63) is 35.6 Å². The molecule has 0 radical (unpaired) electrons. The van der Waals surface area contributed by atoms with Crippen LogP contribution in [0.2, 0.25) is 0 Å². The van der Waals surface area contributed by atoms with Gasteiger partial charge < -0.3 is 0 Å². The van der Waals surface area contributed by atoms with Crippen molar-refractivity contribution < 1.29 is 14.0 Å². The van der Waals surface area contributed by atoms with E-state index >= 15 is 0 Å². The average molecular weight is 237 g/mol. The molecule has 1 amide bonds. The Morgan fingerprint density at radius 1 is 1.35 bits per heavy atom. The van der Waals surface area contributed by atoms with Crippen LogP contribution in [0.25, 0.3) is 0 Å². The number of hydroxylamine groups is 1. The van der Waals surface area contributed by atoms with Crippen molar-refractivity contribution >= 4 is 5.91 Å². The SMILES string of the molecule is O=C(Cc1ccccc1F)NOC1CCCC1. The first-order valence-corrected chi connectivity index (χ1v) is 5.93. The summed E-state index contributed by atoms with van der Waals surface area (Å²) in [6.45, 7) is 0. The number of carbonyl (C=O) groups excluding carboxylic acids is 1. The molecule has 3 nitrogen and oxygen atoms in total. The Labute approximate surface area is 99.9 Å². The van der Waals surface area contributed by atoms with Crippen molar-refractivity contribution in [2.75, 3.05) is 0 Å². The van der Waals surface area contributed by atoms with E-state index in [1.165, 1.54) is 6.07 Å². The zero-order chi connectivity index (χ0) is 12.1. The van der Waals surface area contributed by atoms with Crippen LogP contribution in [0, 0.1) is 5.82 Å². The molecule has 0 atom stereocenters. The van der Waals surface area contributed by atoms with Crippen LogP contribution in [-0.4, -0.2) is 12.0 Å². The monoisotopic (exact) mass is 237 g/mol. The first-order chi connectivity index (χ1) is 8.25. The third kappa shape index (κ3) is 3.53. The van der Waals surface area contributed by atoms with Crippen molar-refractivity contribution in [1.82, 2.24) is 5.48 Å². The minimum absolute atomic E-state index is 0.0133. The Kier molecular flexibility index (Phi) is 4.09. The number of halogens is 1. The quantitative estimate of drug-likeness (QED) is 0.816. The lowest BCUT2D eigenvalue weighted by Gasteiger charge is -2.11. The second kappa shape index (κ2) is 5.77. The molecule has 0 saturated heterocycles. The van der Waals surface area contributed by atoms with Gasteiger partial charge in [0.15, 0.2) is 0 Å². The molecule has 1 aromatic rings. The van der Waals surface area contributed by atoms with Crippen molar-refractivity contribution in [1.29, 1.82) is 0 Å². The fraction of sp³-hybridized carbons (Fsp3) is 0.462. The van der Waals surface area contributed by atoms with Crippen LogP contribution in [0.15, 0.2) is 24.3 Å². The molecule has 1 saturated carbocycles. The molecule has 1 N–H and O–H groups in total. The fourth-order valence-corrected chi connectivity index (χ4v) is 2.01. The number of benzene rings is 1. The van der Waals surface area contributed by atoms with Crippen LogP contribution in [0.5, 0.6) is 0 Å². The first-order valence-electron chi connectivity index (χ1n) is 5.93. The zero-order valence-corrected chi connectivity index (χ0v) is 9.62. The van der Waals surface area contributed by atoms with Crippen molar-refractivity contribution in [3.63, 3.8) is 0 Å². The minimum atomic E-state index is -0.358. The van der Waals surface area contributed by atoms with Crippen LogP contribution in [0.1, 0.15) is 31.2 Å². The van der Waals surface area contributed by atoms with Crippen molar-refractivity contribution in [3.8, 4) is 0 Å². The van der Waals surface area contributed by atoms with E-state index in [1.54, 1.807) is 18.2 Å². The second-order valence-corrected chi connectivity index (χ2v) is 4.32. The van der Waals surface area contributed by atoms with Gasteiger partial charge >= 0.3 is 0 Å². The van der Waals surface area contributed by atoms with Crippen LogP contribution >= 0.6 is 0 Å². The third-order valence-corrected chi connectivity index (χ3v) is 2.95. The Morgan fingerprint density at radius 3 is 2.76 bits per heavy atom. The lowest BCUT2D eigenvalue weighted by atomic mass is 10.1. The molecule has 0 aliphatic heterocycles. The van der Waals surface area contributed by atoms with E-state index < -0.39 is 0 Å². The molecular formula is C13H16FNO2. The maximum absolute atomic E-state index is 13.3. The molecule has 1 aliphatic rings. The number of hydrogen-bond donors (Lipinski definition) is 1. The molecule has 17 heavy (non-hydrogen) atoms. The lowest BCUT2D eigenvalue weighted by molar-refractivity contribution is -0.137. The maximum Gasteiger partial charge on any atom is 0.248 e. The van der Waals surface area contributed by atoms with E-state index in [4.69, 9.17) is 4.84 Å². The molecule has 92 valence electrons. The van der Waals surface area contributed by atoms with Gasteiger partial charge in [0.1, 0.15) is 5.82 Å². The molecule has 4 heteroatoms. The standard InChI is InChI=1S/C13H16FNO2/c14-12-8-4-1-5-10(12)9-13(16)15-17-11-6-2-3-7-11/h1,4-5,8,11H,2-3,6-7,9H2,(H,15,16). The van der Waals surface area contributed by atoms with Crippen LogP contribution in [0.4, 0.5) is 4.39 Å². The number of rotatable bonds is 4. The van der Waals surface area contributed by atoms with Gasteiger partial charge in [0.05, 0.1) is 12.5 Å². The summed E-state index contributed by atoms with van der Waals surface area (Å²) >= 11 is 0. The van der Waals surface area contributed by atoms with E-state index in [9.17, 15) is 9.18 Å². The molecule has 0 heterocycles. The van der Waals surface area contributed by atoms with E-state index in [2.05, 4.69) is 5.48 Å². The van der Waals surface area contributed by atoms with Gasteiger partial charge in [-0.3, -0.25) is 9.63 Å². The highest BCUT2D eigenvalue weighted by Crippen LogP contribution is 2.19. The average Bonchev–Trinajstić information content (AvgIpc) is 2.82. The number of hydrogen-bond acceptors (Lipinski definition) is 2. The van der Waals surface area contributed by atoms with Crippen molar-refractivity contribution in [2.45, 2.75) is 38.2 Å². The molecule has 0 aromatic heterocycles. The predicted molar refractivity (Wildman–Crippen MR) is 61.6 cm³/mol. The van der Waals surface area contributed by atoms with E-state index in [0.29, 0.717) is 5.56 Å². The summed E-state index contributed by atoms with van der Waals surface area (Å²) < 4.78 is 13.3. The highest BCUT2D eigenvalue weighted by Gasteiger charge is 2.17. The summed E-state index contributed by atoms with van der Waals surface area (Å²) in [6.07, 6.45) is 4.40. The normalized spacial score (nSPS) is 16.1. The summed E-state index contributed by atoms with van der Waals surface area (Å²) in [5, 5.41) is 0. The van der Waals surface area contributed by atoms with Crippen LogP contribution < -0.4 is 5.48 Å². The number of carbonyl (C=O) groups is 1. The summed E-state index contributed by atoms with van der Waals surface area (Å²) in [5.41, 5.74) is 2.78. The molecule has 2 rings (SSSR count). The van der Waals surface area contributed by atoms with Gasteiger partial charge in [0.25, 0.3) is 0 Å².